The van der Waals surface area contributed by atoms with Crippen LogP contribution in [0, 0.1) is 0 Å². The second-order valence-corrected chi connectivity index (χ2v) is 6.09. The Morgan fingerprint density at radius 3 is 2.46 bits per heavy atom. The van der Waals surface area contributed by atoms with Gasteiger partial charge in [0.1, 0.15) is 5.75 Å². The van der Waals surface area contributed by atoms with Gasteiger partial charge in [-0.3, -0.25) is 4.90 Å². The van der Waals surface area contributed by atoms with Crippen LogP contribution in [-0.2, 0) is 6.18 Å². The smallest absolute Gasteiger partial charge is 0.416 e. The van der Waals surface area contributed by atoms with Crippen LogP contribution in [0.3, 0.4) is 0 Å². The van der Waals surface area contributed by atoms with Crippen molar-refractivity contribution < 1.29 is 18.3 Å². The topological polar surface area (TPSA) is 23.5 Å². The van der Waals surface area contributed by atoms with Crippen molar-refractivity contribution in [2.75, 3.05) is 13.6 Å². The lowest BCUT2D eigenvalue weighted by Gasteiger charge is -2.28. The molecule has 126 valence electrons. The Hall–Kier alpha value is -2.27. The maximum Gasteiger partial charge on any atom is 0.416 e. The third-order valence-electron chi connectivity index (χ3n) is 4.46. The lowest BCUT2D eigenvalue weighted by molar-refractivity contribution is -0.137. The molecule has 1 aliphatic heterocycles. The zero-order valence-corrected chi connectivity index (χ0v) is 13.4. The van der Waals surface area contributed by atoms with Gasteiger partial charge < -0.3 is 5.11 Å². The minimum atomic E-state index is -4.47. The summed E-state index contributed by atoms with van der Waals surface area (Å²) >= 11 is 0. The van der Waals surface area contributed by atoms with Crippen molar-refractivity contribution in [3.63, 3.8) is 0 Å². The molecule has 0 saturated carbocycles. The molecule has 0 aromatic heterocycles. The Kier molecular flexibility index (Phi) is 4.13. The number of allylic oxidation sites excluding steroid dienone is 1. The third-order valence-corrected chi connectivity index (χ3v) is 4.46. The fraction of sp³-hybridized carbons (Fsp3) is 0.263. The van der Waals surface area contributed by atoms with Crippen molar-refractivity contribution in [1.82, 2.24) is 4.90 Å². The van der Waals surface area contributed by atoms with Crippen molar-refractivity contribution in [1.29, 1.82) is 0 Å². The number of phenols is 1. The average molecular weight is 333 g/mol. The Balaban J connectivity index is 2.14. The lowest BCUT2D eigenvalue weighted by atomic mass is 9.91. The SMILES string of the molecule is CC1=CCN(C)C(c2ccc(C(F)(F)F)cc2O)c2ccccc21. The molecule has 0 spiro atoms. The van der Waals surface area contributed by atoms with E-state index in [1.165, 1.54) is 6.07 Å². The summed E-state index contributed by atoms with van der Waals surface area (Å²) in [5, 5.41) is 10.3. The van der Waals surface area contributed by atoms with Gasteiger partial charge in [-0.05, 0) is 42.8 Å². The van der Waals surface area contributed by atoms with Gasteiger partial charge in [0, 0.05) is 12.1 Å². The van der Waals surface area contributed by atoms with Gasteiger partial charge in [0.15, 0.2) is 0 Å². The number of hydrogen-bond acceptors (Lipinski definition) is 2. The molecule has 0 bridgehead atoms. The van der Waals surface area contributed by atoms with Gasteiger partial charge in [0.25, 0.3) is 0 Å². The largest absolute Gasteiger partial charge is 0.508 e. The predicted octanol–water partition coefficient (Wildman–Crippen LogP) is 4.85. The highest BCUT2D eigenvalue weighted by Crippen LogP contribution is 2.41. The molecular formula is C19H18F3NO. The molecule has 3 rings (SSSR count). The summed E-state index contributed by atoms with van der Waals surface area (Å²) in [6.07, 6.45) is -2.39. The molecule has 2 aromatic carbocycles. The molecule has 1 unspecified atom stereocenters. The number of benzene rings is 2. The molecule has 2 aromatic rings. The third kappa shape index (κ3) is 2.91. The number of phenolic OH excluding ortho intramolecular Hbond substituents is 1. The van der Waals surface area contributed by atoms with E-state index in [9.17, 15) is 18.3 Å². The maximum atomic E-state index is 12.8. The quantitative estimate of drug-likeness (QED) is 0.806. The number of alkyl halides is 3. The summed E-state index contributed by atoms with van der Waals surface area (Å²) < 4.78 is 38.5. The number of hydrogen-bond donors (Lipinski definition) is 1. The van der Waals surface area contributed by atoms with Crippen LogP contribution in [0.1, 0.15) is 35.2 Å². The molecule has 0 fully saturated rings. The van der Waals surface area contributed by atoms with Crippen LogP contribution in [0.25, 0.3) is 5.57 Å². The second-order valence-electron chi connectivity index (χ2n) is 6.09. The first-order chi connectivity index (χ1) is 11.3. The van der Waals surface area contributed by atoms with Crippen LogP contribution in [0.4, 0.5) is 13.2 Å². The molecule has 1 heterocycles. The summed E-state index contributed by atoms with van der Waals surface area (Å²) in [6.45, 7) is 2.66. The molecule has 24 heavy (non-hydrogen) atoms. The van der Waals surface area contributed by atoms with Gasteiger partial charge in [-0.25, -0.2) is 0 Å². The van der Waals surface area contributed by atoms with Gasteiger partial charge in [-0.1, -0.05) is 36.4 Å². The summed E-state index contributed by atoms with van der Waals surface area (Å²) in [4.78, 5) is 2.01. The lowest BCUT2D eigenvalue weighted by Crippen LogP contribution is -2.25. The number of halogens is 3. The molecule has 0 amide bonds. The number of fused-ring (bicyclic) bond motifs is 1. The second kappa shape index (κ2) is 5.98. The van der Waals surface area contributed by atoms with Crippen molar-refractivity contribution >= 4 is 5.57 Å². The minimum Gasteiger partial charge on any atom is -0.508 e. The highest BCUT2D eigenvalue weighted by Gasteiger charge is 2.33. The van der Waals surface area contributed by atoms with E-state index in [0.717, 1.165) is 28.8 Å². The minimum absolute atomic E-state index is 0.308. The fourth-order valence-corrected chi connectivity index (χ4v) is 3.18. The zero-order chi connectivity index (χ0) is 17.5. The van der Waals surface area contributed by atoms with E-state index in [0.29, 0.717) is 12.1 Å². The van der Waals surface area contributed by atoms with E-state index in [4.69, 9.17) is 0 Å². The first kappa shape index (κ1) is 16.6. The van der Waals surface area contributed by atoms with Gasteiger partial charge in [0.05, 0.1) is 11.6 Å². The molecular weight excluding hydrogens is 315 g/mol. The van der Waals surface area contributed by atoms with E-state index >= 15 is 0 Å². The van der Waals surface area contributed by atoms with Crippen molar-refractivity contribution in [3.8, 4) is 5.75 Å². The van der Waals surface area contributed by atoms with Gasteiger partial charge in [-0.2, -0.15) is 13.2 Å². The summed E-state index contributed by atoms with van der Waals surface area (Å²) in [6, 6.07) is 10.7. The van der Waals surface area contributed by atoms with Gasteiger partial charge in [-0.15, -0.1) is 0 Å². The number of nitrogens with zero attached hydrogens (tertiary/aromatic N) is 1. The summed E-state index contributed by atoms with van der Waals surface area (Å²) in [5.41, 5.74) is 2.77. The Labute approximate surface area is 138 Å². The van der Waals surface area contributed by atoms with Crippen LogP contribution in [0.15, 0.2) is 48.5 Å². The first-order valence-electron chi connectivity index (χ1n) is 7.65. The van der Waals surface area contributed by atoms with Crippen LogP contribution in [0.2, 0.25) is 0 Å². The maximum absolute atomic E-state index is 12.8. The van der Waals surface area contributed by atoms with Gasteiger partial charge >= 0.3 is 6.18 Å². The van der Waals surface area contributed by atoms with Crippen LogP contribution in [0.5, 0.6) is 5.75 Å². The number of likely N-dealkylation sites (N-methyl/N-ethyl adjacent to an activating group) is 1. The number of aromatic hydroxyl groups is 1. The highest BCUT2D eigenvalue weighted by atomic mass is 19.4. The normalized spacial score (nSPS) is 18.7. The Morgan fingerprint density at radius 1 is 1.08 bits per heavy atom. The highest BCUT2D eigenvalue weighted by molar-refractivity contribution is 5.69. The first-order valence-corrected chi connectivity index (χ1v) is 7.65. The molecule has 0 radical (unpaired) electrons. The molecule has 1 aliphatic rings. The number of rotatable bonds is 1. The molecule has 0 aliphatic carbocycles. The zero-order valence-electron chi connectivity index (χ0n) is 13.4. The van der Waals surface area contributed by atoms with E-state index in [2.05, 4.69) is 6.08 Å². The predicted molar refractivity (Wildman–Crippen MR) is 87.7 cm³/mol. The Morgan fingerprint density at radius 2 is 1.79 bits per heavy atom. The van der Waals surface area contributed by atoms with Crippen LogP contribution in [-0.4, -0.2) is 23.6 Å². The molecule has 0 saturated heterocycles. The van der Waals surface area contributed by atoms with Crippen molar-refractivity contribution in [2.45, 2.75) is 19.1 Å². The van der Waals surface area contributed by atoms with Gasteiger partial charge in [0.2, 0.25) is 0 Å². The Bertz CT molecular complexity index is 795. The fourth-order valence-electron chi connectivity index (χ4n) is 3.18. The van der Waals surface area contributed by atoms with E-state index < -0.39 is 11.7 Å². The molecule has 1 atom stereocenters. The van der Waals surface area contributed by atoms with E-state index in [-0.39, 0.29) is 11.8 Å². The van der Waals surface area contributed by atoms with E-state index in [1.807, 2.05) is 43.1 Å². The monoisotopic (exact) mass is 333 g/mol. The molecule has 1 N–H and O–H groups in total. The molecule has 5 heteroatoms. The summed E-state index contributed by atoms with van der Waals surface area (Å²) in [5.74, 6) is -0.337. The van der Waals surface area contributed by atoms with E-state index in [1.54, 1.807) is 0 Å². The van der Waals surface area contributed by atoms with Crippen LogP contribution >= 0.6 is 0 Å². The summed E-state index contributed by atoms with van der Waals surface area (Å²) in [7, 11) is 1.90. The molecule has 2 nitrogen and oxygen atoms in total. The standard InChI is InChI=1S/C19H18F3NO/c1-12-9-10-23(2)18(15-6-4-3-5-14(12)15)16-8-7-13(11-17(16)24)19(20,21)22/h3-9,11,18,24H,10H2,1-2H3. The van der Waals surface area contributed by atoms with Crippen LogP contribution < -0.4 is 0 Å². The van der Waals surface area contributed by atoms with Crippen molar-refractivity contribution in [3.05, 3.63) is 70.8 Å². The average Bonchev–Trinajstić information content (AvgIpc) is 2.65. The van der Waals surface area contributed by atoms with Crippen molar-refractivity contribution in [2.24, 2.45) is 0 Å².